The lowest BCUT2D eigenvalue weighted by atomic mass is 9.86. The predicted octanol–water partition coefficient (Wildman–Crippen LogP) is 3.59. The second-order valence-corrected chi connectivity index (χ2v) is 4.95. The average molecular weight is 242 g/mol. The van der Waals surface area contributed by atoms with E-state index < -0.39 is 6.10 Å². The Bertz CT molecular complexity index is 546. The summed E-state index contributed by atoms with van der Waals surface area (Å²) in [6, 6.07) is 16.4. The highest BCUT2D eigenvalue weighted by atomic mass is 19.1. The van der Waals surface area contributed by atoms with Gasteiger partial charge in [-0.1, -0.05) is 48.5 Å². The number of aliphatic hydroxyl groups excluding tert-OH is 1. The molecule has 2 aromatic rings. The van der Waals surface area contributed by atoms with Crippen molar-refractivity contribution in [1.29, 1.82) is 0 Å². The molecule has 1 unspecified atom stereocenters. The molecule has 0 spiro atoms. The Kier molecular flexibility index (Phi) is 2.67. The van der Waals surface area contributed by atoms with Crippen LogP contribution in [0.1, 0.15) is 30.1 Å². The van der Waals surface area contributed by atoms with Crippen LogP contribution >= 0.6 is 0 Å². The maximum atomic E-state index is 13.8. The van der Waals surface area contributed by atoms with Gasteiger partial charge in [0.05, 0.1) is 6.10 Å². The zero-order chi connectivity index (χ0) is 12.6. The molecule has 0 bridgehead atoms. The van der Waals surface area contributed by atoms with E-state index in [1.165, 1.54) is 6.07 Å². The van der Waals surface area contributed by atoms with Crippen LogP contribution in [0.5, 0.6) is 0 Å². The Balaban J connectivity index is 1.98. The van der Waals surface area contributed by atoms with Crippen LogP contribution < -0.4 is 0 Å². The van der Waals surface area contributed by atoms with Crippen LogP contribution in [0.3, 0.4) is 0 Å². The molecule has 0 amide bonds. The van der Waals surface area contributed by atoms with Crippen molar-refractivity contribution in [3.63, 3.8) is 0 Å². The number of hydrogen-bond donors (Lipinski definition) is 1. The van der Waals surface area contributed by atoms with Gasteiger partial charge in [0, 0.05) is 11.0 Å². The molecule has 0 heterocycles. The van der Waals surface area contributed by atoms with Crippen molar-refractivity contribution in [2.75, 3.05) is 0 Å². The molecule has 0 saturated heterocycles. The zero-order valence-corrected chi connectivity index (χ0v) is 10.0. The molecule has 1 nitrogen and oxygen atoms in total. The minimum atomic E-state index is -0.763. The summed E-state index contributed by atoms with van der Waals surface area (Å²) in [5.74, 6) is -0.327. The largest absolute Gasteiger partial charge is 0.387 e. The second kappa shape index (κ2) is 4.21. The van der Waals surface area contributed by atoms with Crippen molar-refractivity contribution in [3.8, 4) is 0 Å². The second-order valence-electron chi connectivity index (χ2n) is 4.95. The lowest BCUT2D eigenvalue weighted by Crippen LogP contribution is -2.19. The highest BCUT2D eigenvalue weighted by molar-refractivity contribution is 5.37. The Morgan fingerprint density at radius 2 is 1.56 bits per heavy atom. The third-order valence-electron chi connectivity index (χ3n) is 3.86. The quantitative estimate of drug-likeness (QED) is 0.872. The highest BCUT2D eigenvalue weighted by Crippen LogP contribution is 2.56. The van der Waals surface area contributed by atoms with Crippen molar-refractivity contribution in [2.24, 2.45) is 0 Å². The predicted molar refractivity (Wildman–Crippen MR) is 68.7 cm³/mol. The Hall–Kier alpha value is -1.67. The first-order valence-corrected chi connectivity index (χ1v) is 6.22. The number of rotatable bonds is 3. The third kappa shape index (κ3) is 1.73. The molecule has 1 aliphatic carbocycles. The molecule has 3 rings (SSSR count). The molecule has 0 aliphatic heterocycles. The molecule has 1 fully saturated rings. The Labute approximate surface area is 106 Å². The number of benzene rings is 2. The van der Waals surface area contributed by atoms with Crippen molar-refractivity contribution in [1.82, 2.24) is 0 Å². The summed E-state index contributed by atoms with van der Waals surface area (Å²) in [6.45, 7) is 0. The van der Waals surface area contributed by atoms with Gasteiger partial charge in [-0.15, -0.1) is 0 Å². The standard InChI is InChI=1S/C16H15FO/c17-14-9-5-4-8-13(14)15(18)16(10-11-16)12-6-2-1-3-7-12/h1-9,15,18H,10-11H2. The van der Waals surface area contributed by atoms with Gasteiger partial charge in [-0.3, -0.25) is 0 Å². The van der Waals surface area contributed by atoms with Crippen LogP contribution in [0.4, 0.5) is 4.39 Å². The van der Waals surface area contributed by atoms with Gasteiger partial charge in [-0.05, 0) is 24.5 Å². The fourth-order valence-electron chi connectivity index (χ4n) is 2.62. The van der Waals surface area contributed by atoms with Crippen molar-refractivity contribution < 1.29 is 9.50 Å². The molecule has 0 radical (unpaired) electrons. The van der Waals surface area contributed by atoms with E-state index in [9.17, 15) is 9.50 Å². The summed E-state index contributed by atoms with van der Waals surface area (Å²) in [4.78, 5) is 0. The molecule has 1 atom stereocenters. The van der Waals surface area contributed by atoms with Crippen LogP contribution in [0.2, 0.25) is 0 Å². The van der Waals surface area contributed by atoms with E-state index in [0.29, 0.717) is 5.56 Å². The van der Waals surface area contributed by atoms with Gasteiger partial charge >= 0.3 is 0 Å². The van der Waals surface area contributed by atoms with Gasteiger partial charge < -0.3 is 5.11 Å². The summed E-state index contributed by atoms with van der Waals surface area (Å²) in [7, 11) is 0. The highest BCUT2D eigenvalue weighted by Gasteiger charge is 2.51. The van der Waals surface area contributed by atoms with E-state index in [-0.39, 0.29) is 11.2 Å². The van der Waals surface area contributed by atoms with E-state index in [1.54, 1.807) is 18.2 Å². The molecule has 1 saturated carbocycles. The fraction of sp³-hybridized carbons (Fsp3) is 0.250. The summed E-state index contributed by atoms with van der Waals surface area (Å²) < 4.78 is 13.8. The first kappa shape index (κ1) is 11.4. The number of hydrogen-bond acceptors (Lipinski definition) is 1. The monoisotopic (exact) mass is 242 g/mol. The first-order valence-electron chi connectivity index (χ1n) is 6.22. The summed E-state index contributed by atoms with van der Waals surface area (Å²) in [5, 5.41) is 10.5. The third-order valence-corrected chi connectivity index (χ3v) is 3.86. The maximum Gasteiger partial charge on any atom is 0.129 e. The fourth-order valence-corrected chi connectivity index (χ4v) is 2.62. The van der Waals surface area contributed by atoms with Crippen LogP contribution in [-0.2, 0) is 5.41 Å². The molecule has 92 valence electrons. The van der Waals surface area contributed by atoms with Crippen LogP contribution in [0.25, 0.3) is 0 Å². The lowest BCUT2D eigenvalue weighted by Gasteiger charge is -2.23. The smallest absolute Gasteiger partial charge is 0.129 e. The first-order chi connectivity index (χ1) is 8.74. The van der Waals surface area contributed by atoms with Crippen molar-refractivity contribution in [3.05, 3.63) is 71.5 Å². The van der Waals surface area contributed by atoms with E-state index >= 15 is 0 Å². The van der Waals surface area contributed by atoms with E-state index in [4.69, 9.17) is 0 Å². The molecule has 2 heteroatoms. The molecule has 18 heavy (non-hydrogen) atoms. The summed E-state index contributed by atoms with van der Waals surface area (Å²) >= 11 is 0. The minimum absolute atomic E-state index is 0.288. The van der Waals surface area contributed by atoms with E-state index in [1.807, 2.05) is 30.3 Å². The van der Waals surface area contributed by atoms with E-state index in [0.717, 1.165) is 18.4 Å². The van der Waals surface area contributed by atoms with Gasteiger partial charge in [0.1, 0.15) is 5.82 Å². The molecule has 1 aliphatic rings. The maximum absolute atomic E-state index is 13.8. The number of halogens is 1. The number of aliphatic hydroxyl groups is 1. The van der Waals surface area contributed by atoms with Crippen LogP contribution in [0.15, 0.2) is 54.6 Å². The van der Waals surface area contributed by atoms with Gasteiger partial charge in [0.25, 0.3) is 0 Å². The average Bonchev–Trinajstić information content (AvgIpc) is 3.21. The van der Waals surface area contributed by atoms with Gasteiger partial charge in [-0.25, -0.2) is 4.39 Å². The summed E-state index contributed by atoms with van der Waals surface area (Å²) in [5.41, 5.74) is 1.21. The van der Waals surface area contributed by atoms with Gasteiger partial charge in [0.2, 0.25) is 0 Å². The molecular formula is C16H15FO. The molecule has 1 N–H and O–H groups in total. The van der Waals surface area contributed by atoms with Crippen molar-refractivity contribution >= 4 is 0 Å². The minimum Gasteiger partial charge on any atom is -0.387 e. The molecule has 2 aromatic carbocycles. The lowest BCUT2D eigenvalue weighted by molar-refractivity contribution is 0.129. The summed E-state index contributed by atoms with van der Waals surface area (Å²) in [6.07, 6.45) is 1.06. The Morgan fingerprint density at radius 3 is 2.17 bits per heavy atom. The molecular weight excluding hydrogens is 227 g/mol. The van der Waals surface area contributed by atoms with Gasteiger partial charge in [-0.2, -0.15) is 0 Å². The zero-order valence-electron chi connectivity index (χ0n) is 10.0. The van der Waals surface area contributed by atoms with Crippen LogP contribution in [0, 0.1) is 5.82 Å². The van der Waals surface area contributed by atoms with E-state index in [2.05, 4.69) is 0 Å². The Morgan fingerprint density at radius 1 is 0.944 bits per heavy atom. The topological polar surface area (TPSA) is 20.2 Å². The normalized spacial score (nSPS) is 18.3. The van der Waals surface area contributed by atoms with Gasteiger partial charge in [0.15, 0.2) is 0 Å². The van der Waals surface area contributed by atoms with Crippen LogP contribution in [-0.4, -0.2) is 5.11 Å². The SMILES string of the molecule is OC(c1ccccc1F)C1(c2ccccc2)CC1. The van der Waals surface area contributed by atoms with Crippen molar-refractivity contribution in [2.45, 2.75) is 24.4 Å². The molecule has 0 aromatic heterocycles.